The molecule has 0 spiro atoms. The number of methoxy groups -OCH3 is 1. The zero-order valence-corrected chi connectivity index (χ0v) is 9.54. The van der Waals surface area contributed by atoms with Crippen molar-refractivity contribution in [2.45, 2.75) is 12.8 Å². The van der Waals surface area contributed by atoms with Gasteiger partial charge in [-0.1, -0.05) is 11.6 Å². The third-order valence-electron chi connectivity index (χ3n) is 2.38. The molecule has 1 aromatic carbocycles. The second kappa shape index (κ2) is 4.61. The number of fused-ring (bicyclic) bond motifs is 1. The quantitative estimate of drug-likeness (QED) is 0.760. The van der Waals surface area contributed by atoms with Crippen LogP contribution in [-0.2, 0) is 11.2 Å². The molecule has 4 nitrogen and oxygen atoms in total. The third-order valence-corrected chi connectivity index (χ3v) is 2.66. The van der Waals surface area contributed by atoms with Crippen molar-refractivity contribution in [2.75, 3.05) is 13.9 Å². The average Bonchev–Trinajstić information content (AvgIpc) is 2.72. The van der Waals surface area contributed by atoms with Crippen LogP contribution in [0.25, 0.3) is 0 Å². The second-order valence-electron chi connectivity index (χ2n) is 3.31. The van der Waals surface area contributed by atoms with Gasteiger partial charge in [0.2, 0.25) is 6.79 Å². The normalized spacial score (nSPS) is 12.6. The summed E-state index contributed by atoms with van der Waals surface area (Å²) in [5, 5.41) is 0.465. The predicted octanol–water partition coefficient (Wildman–Crippen LogP) is 2.21. The van der Waals surface area contributed by atoms with E-state index in [4.69, 9.17) is 25.8 Å². The first kappa shape index (κ1) is 11.1. The monoisotopic (exact) mass is 242 g/mol. The number of halogens is 1. The van der Waals surface area contributed by atoms with Crippen molar-refractivity contribution in [3.63, 3.8) is 0 Å². The van der Waals surface area contributed by atoms with E-state index < -0.39 is 0 Å². The fraction of sp³-hybridized carbons (Fsp3) is 0.364. The van der Waals surface area contributed by atoms with Crippen molar-refractivity contribution in [1.82, 2.24) is 0 Å². The van der Waals surface area contributed by atoms with E-state index in [2.05, 4.69) is 0 Å². The van der Waals surface area contributed by atoms with Crippen molar-refractivity contribution in [1.29, 1.82) is 0 Å². The van der Waals surface area contributed by atoms with Gasteiger partial charge in [-0.15, -0.1) is 0 Å². The highest BCUT2D eigenvalue weighted by molar-refractivity contribution is 6.32. The molecule has 0 atom stereocenters. The Morgan fingerprint density at radius 2 is 2.38 bits per heavy atom. The summed E-state index contributed by atoms with van der Waals surface area (Å²) >= 11 is 6.04. The smallest absolute Gasteiger partial charge is 0.231 e. The van der Waals surface area contributed by atoms with Gasteiger partial charge in [0.25, 0.3) is 0 Å². The number of carbonyl (C=O) groups is 1. The Balaban J connectivity index is 2.48. The Morgan fingerprint density at radius 3 is 3.06 bits per heavy atom. The minimum Gasteiger partial charge on any atom is -0.495 e. The molecule has 0 bridgehead atoms. The maximum absolute atomic E-state index is 10.4. The molecular weight excluding hydrogens is 232 g/mol. The molecule has 0 aromatic heterocycles. The van der Waals surface area contributed by atoms with Crippen LogP contribution < -0.4 is 14.2 Å². The fourth-order valence-corrected chi connectivity index (χ4v) is 2.00. The number of hydrogen-bond acceptors (Lipinski definition) is 4. The van der Waals surface area contributed by atoms with Crippen LogP contribution in [0.15, 0.2) is 6.07 Å². The Morgan fingerprint density at radius 1 is 1.56 bits per heavy atom. The molecular formula is C11H11ClO4. The van der Waals surface area contributed by atoms with Crippen LogP contribution in [0.3, 0.4) is 0 Å². The van der Waals surface area contributed by atoms with E-state index in [1.165, 1.54) is 7.11 Å². The molecule has 1 aromatic rings. The number of rotatable bonds is 4. The van der Waals surface area contributed by atoms with Gasteiger partial charge in [-0.3, -0.25) is 0 Å². The van der Waals surface area contributed by atoms with Gasteiger partial charge < -0.3 is 19.0 Å². The lowest BCUT2D eigenvalue weighted by Crippen LogP contribution is -1.97. The van der Waals surface area contributed by atoms with Crippen LogP contribution in [0.2, 0.25) is 5.02 Å². The summed E-state index contributed by atoms with van der Waals surface area (Å²) in [5.41, 5.74) is 0.787. The highest BCUT2D eigenvalue weighted by Gasteiger charge is 2.23. The van der Waals surface area contributed by atoms with E-state index in [9.17, 15) is 4.79 Å². The second-order valence-corrected chi connectivity index (χ2v) is 3.72. The lowest BCUT2D eigenvalue weighted by molar-refractivity contribution is -0.107. The molecule has 1 aliphatic rings. The Hall–Kier alpha value is -1.42. The lowest BCUT2D eigenvalue weighted by atomic mass is 10.1. The lowest BCUT2D eigenvalue weighted by Gasteiger charge is -2.11. The molecule has 0 aliphatic carbocycles. The highest BCUT2D eigenvalue weighted by Crippen LogP contribution is 2.45. The SMILES string of the molecule is COc1c(Cl)cc2c(c1CCC=O)OCO2. The molecule has 1 heterocycles. The van der Waals surface area contributed by atoms with Gasteiger partial charge in [0.1, 0.15) is 12.0 Å². The van der Waals surface area contributed by atoms with Crippen molar-refractivity contribution >= 4 is 17.9 Å². The van der Waals surface area contributed by atoms with Crippen molar-refractivity contribution in [2.24, 2.45) is 0 Å². The summed E-state index contributed by atoms with van der Waals surface area (Å²) in [6, 6.07) is 1.66. The number of carbonyl (C=O) groups excluding carboxylic acids is 1. The zero-order chi connectivity index (χ0) is 11.5. The maximum atomic E-state index is 10.4. The van der Waals surface area contributed by atoms with Crippen LogP contribution in [0, 0.1) is 0 Å². The number of aldehydes is 1. The van der Waals surface area contributed by atoms with E-state index >= 15 is 0 Å². The van der Waals surface area contributed by atoms with E-state index in [0.29, 0.717) is 35.1 Å². The first-order valence-corrected chi connectivity index (χ1v) is 5.24. The maximum Gasteiger partial charge on any atom is 0.231 e. The summed E-state index contributed by atoms with van der Waals surface area (Å²) in [7, 11) is 1.54. The standard InChI is InChI=1S/C11H11ClO4/c1-14-10-7(3-2-4-13)11-9(5-8(10)12)15-6-16-11/h4-5H,2-3,6H2,1H3. The van der Waals surface area contributed by atoms with Gasteiger partial charge in [0, 0.05) is 18.1 Å². The minimum absolute atomic E-state index is 0.174. The summed E-state index contributed by atoms with van der Waals surface area (Å²) in [5.74, 6) is 1.78. The van der Waals surface area contributed by atoms with E-state index in [0.717, 1.165) is 11.8 Å². The molecule has 5 heteroatoms. The van der Waals surface area contributed by atoms with Crippen molar-refractivity contribution in [3.8, 4) is 17.2 Å². The minimum atomic E-state index is 0.174. The molecule has 0 saturated heterocycles. The summed E-state index contributed by atoms with van der Waals surface area (Å²) in [4.78, 5) is 10.4. The number of benzene rings is 1. The van der Waals surface area contributed by atoms with E-state index in [-0.39, 0.29) is 6.79 Å². The Bertz CT molecular complexity index is 413. The summed E-state index contributed by atoms with van der Waals surface area (Å²) in [6.45, 7) is 0.174. The van der Waals surface area contributed by atoms with Gasteiger partial charge in [0.15, 0.2) is 11.5 Å². The van der Waals surface area contributed by atoms with Crippen LogP contribution in [0.1, 0.15) is 12.0 Å². The van der Waals surface area contributed by atoms with Gasteiger partial charge in [-0.05, 0) is 6.42 Å². The van der Waals surface area contributed by atoms with Crippen molar-refractivity contribution in [3.05, 3.63) is 16.7 Å². The molecule has 86 valence electrons. The van der Waals surface area contributed by atoms with Crippen LogP contribution in [0.4, 0.5) is 0 Å². The largest absolute Gasteiger partial charge is 0.495 e. The highest BCUT2D eigenvalue weighted by atomic mass is 35.5. The molecule has 0 saturated carbocycles. The van der Waals surface area contributed by atoms with Crippen LogP contribution >= 0.6 is 11.6 Å². The van der Waals surface area contributed by atoms with Crippen LogP contribution in [0.5, 0.6) is 17.2 Å². The summed E-state index contributed by atoms with van der Waals surface area (Å²) in [6.07, 6.45) is 1.77. The fourth-order valence-electron chi connectivity index (χ4n) is 1.71. The molecule has 0 amide bonds. The van der Waals surface area contributed by atoms with Gasteiger partial charge in [-0.25, -0.2) is 0 Å². The first-order valence-electron chi connectivity index (χ1n) is 4.86. The molecule has 0 fully saturated rings. The zero-order valence-electron chi connectivity index (χ0n) is 8.79. The molecule has 16 heavy (non-hydrogen) atoms. The topological polar surface area (TPSA) is 44.8 Å². The molecule has 2 rings (SSSR count). The molecule has 0 unspecified atom stereocenters. The molecule has 1 aliphatic heterocycles. The van der Waals surface area contributed by atoms with Crippen molar-refractivity contribution < 1.29 is 19.0 Å². The third kappa shape index (κ3) is 1.80. The number of hydrogen-bond donors (Lipinski definition) is 0. The Labute approximate surface area is 98.1 Å². The first-order chi connectivity index (χ1) is 7.77. The predicted molar refractivity (Wildman–Crippen MR) is 58.5 cm³/mol. The molecule has 0 radical (unpaired) electrons. The van der Waals surface area contributed by atoms with E-state index in [1.807, 2.05) is 0 Å². The molecule has 0 N–H and O–H groups in total. The van der Waals surface area contributed by atoms with Gasteiger partial charge in [0.05, 0.1) is 12.1 Å². The van der Waals surface area contributed by atoms with E-state index in [1.54, 1.807) is 6.07 Å². The van der Waals surface area contributed by atoms with Gasteiger partial charge >= 0.3 is 0 Å². The Kier molecular flexibility index (Phi) is 3.19. The van der Waals surface area contributed by atoms with Gasteiger partial charge in [-0.2, -0.15) is 0 Å². The average molecular weight is 243 g/mol. The van der Waals surface area contributed by atoms with Crippen LogP contribution in [-0.4, -0.2) is 20.2 Å². The summed E-state index contributed by atoms with van der Waals surface area (Å²) < 4.78 is 15.8. The number of ether oxygens (including phenoxy) is 3.